The Morgan fingerprint density at radius 1 is 1.24 bits per heavy atom. The van der Waals surface area contributed by atoms with Crippen molar-refractivity contribution >= 4 is 10.0 Å². The number of hydrogen-bond acceptors (Lipinski definition) is 3. The second-order valence-electron chi connectivity index (χ2n) is 4.10. The maximum absolute atomic E-state index is 13.5. The fourth-order valence-electron chi connectivity index (χ4n) is 1.53. The van der Waals surface area contributed by atoms with E-state index in [1.54, 1.807) is 17.7 Å². The van der Waals surface area contributed by atoms with E-state index in [0.717, 1.165) is 0 Å². The minimum absolute atomic E-state index is 0.0350. The standard InChI is InChI=1S/C12H13F4NO3S/c1-2-3-4-7(6-18)17-21(19,20)12-10(15)8(13)5-9(14)11(12)16/h2-3,5,7,17-18H,4,6H2,1H3/b3-2+/t7-/m1/s1. The molecule has 0 spiro atoms. The van der Waals surface area contributed by atoms with E-state index in [0.29, 0.717) is 0 Å². The molecule has 4 nitrogen and oxygen atoms in total. The van der Waals surface area contributed by atoms with Gasteiger partial charge < -0.3 is 5.11 Å². The van der Waals surface area contributed by atoms with Crippen LogP contribution in [-0.2, 0) is 10.0 Å². The second-order valence-corrected chi connectivity index (χ2v) is 5.75. The van der Waals surface area contributed by atoms with Crippen LogP contribution in [0.25, 0.3) is 0 Å². The third kappa shape index (κ3) is 4.02. The van der Waals surface area contributed by atoms with E-state index in [4.69, 9.17) is 5.11 Å². The van der Waals surface area contributed by atoms with Crippen molar-refractivity contribution in [2.24, 2.45) is 0 Å². The van der Waals surface area contributed by atoms with Gasteiger partial charge in [-0.05, 0) is 13.3 Å². The molecular formula is C12H13F4NO3S. The summed E-state index contributed by atoms with van der Waals surface area (Å²) in [4.78, 5) is -1.75. The topological polar surface area (TPSA) is 66.4 Å². The number of aliphatic hydroxyl groups excluding tert-OH is 1. The lowest BCUT2D eigenvalue weighted by Crippen LogP contribution is -2.38. The molecule has 21 heavy (non-hydrogen) atoms. The summed E-state index contributed by atoms with van der Waals surface area (Å²) < 4.78 is 78.5. The van der Waals surface area contributed by atoms with E-state index < -0.39 is 50.8 Å². The molecule has 0 radical (unpaired) electrons. The number of nitrogens with one attached hydrogen (secondary N) is 1. The predicted molar refractivity (Wildman–Crippen MR) is 66.9 cm³/mol. The Bertz CT molecular complexity index is 620. The summed E-state index contributed by atoms with van der Waals surface area (Å²) in [6.07, 6.45) is 3.11. The molecule has 0 unspecified atom stereocenters. The van der Waals surface area contributed by atoms with Crippen LogP contribution in [0, 0.1) is 23.3 Å². The highest BCUT2D eigenvalue weighted by atomic mass is 32.2. The molecule has 0 aliphatic carbocycles. The molecule has 1 rings (SSSR count). The average molecular weight is 327 g/mol. The van der Waals surface area contributed by atoms with Gasteiger partial charge in [-0.15, -0.1) is 0 Å². The molecule has 1 aromatic rings. The Morgan fingerprint density at radius 2 is 1.76 bits per heavy atom. The van der Waals surface area contributed by atoms with Gasteiger partial charge in [0.05, 0.1) is 6.61 Å². The van der Waals surface area contributed by atoms with Crippen LogP contribution in [0.15, 0.2) is 23.1 Å². The Hall–Kier alpha value is -1.45. The van der Waals surface area contributed by atoms with Gasteiger partial charge in [-0.25, -0.2) is 30.7 Å². The molecule has 1 aromatic carbocycles. The van der Waals surface area contributed by atoms with Gasteiger partial charge in [0.2, 0.25) is 10.0 Å². The van der Waals surface area contributed by atoms with Crippen LogP contribution < -0.4 is 4.72 Å². The molecule has 0 aromatic heterocycles. The summed E-state index contributed by atoms with van der Waals surface area (Å²) >= 11 is 0. The number of aliphatic hydroxyl groups is 1. The number of rotatable bonds is 6. The molecule has 0 bridgehead atoms. The van der Waals surface area contributed by atoms with Crippen LogP contribution in [0.5, 0.6) is 0 Å². The van der Waals surface area contributed by atoms with Crippen molar-refractivity contribution in [3.05, 3.63) is 41.5 Å². The molecule has 118 valence electrons. The van der Waals surface area contributed by atoms with E-state index in [1.807, 2.05) is 0 Å². The molecule has 0 fully saturated rings. The lowest BCUT2D eigenvalue weighted by Gasteiger charge is -2.15. The Morgan fingerprint density at radius 3 is 2.19 bits per heavy atom. The van der Waals surface area contributed by atoms with Crippen molar-refractivity contribution < 1.29 is 31.1 Å². The smallest absolute Gasteiger partial charge is 0.246 e. The Balaban J connectivity index is 3.25. The molecular weight excluding hydrogens is 314 g/mol. The molecule has 0 saturated carbocycles. The zero-order valence-electron chi connectivity index (χ0n) is 10.9. The van der Waals surface area contributed by atoms with E-state index in [1.165, 1.54) is 6.08 Å². The van der Waals surface area contributed by atoms with Gasteiger partial charge in [0.15, 0.2) is 28.2 Å². The van der Waals surface area contributed by atoms with Crippen LogP contribution >= 0.6 is 0 Å². The molecule has 9 heteroatoms. The van der Waals surface area contributed by atoms with Gasteiger partial charge in [0, 0.05) is 12.1 Å². The normalized spacial score (nSPS) is 13.8. The first-order valence-corrected chi connectivity index (χ1v) is 7.30. The molecule has 2 N–H and O–H groups in total. The van der Waals surface area contributed by atoms with Gasteiger partial charge in [-0.1, -0.05) is 12.2 Å². The van der Waals surface area contributed by atoms with Gasteiger partial charge in [-0.2, -0.15) is 0 Å². The van der Waals surface area contributed by atoms with Crippen molar-refractivity contribution in [1.82, 2.24) is 4.72 Å². The second kappa shape index (κ2) is 7.01. The molecule has 1 atom stereocenters. The van der Waals surface area contributed by atoms with Crippen molar-refractivity contribution in [2.45, 2.75) is 24.3 Å². The van der Waals surface area contributed by atoms with Crippen LogP contribution in [0.3, 0.4) is 0 Å². The average Bonchev–Trinajstić information content (AvgIpc) is 2.41. The molecule has 0 amide bonds. The maximum Gasteiger partial charge on any atom is 0.246 e. The van der Waals surface area contributed by atoms with Gasteiger partial charge in [-0.3, -0.25) is 0 Å². The lowest BCUT2D eigenvalue weighted by atomic mass is 10.2. The van der Waals surface area contributed by atoms with Crippen LogP contribution in [-0.4, -0.2) is 26.2 Å². The fraction of sp³-hybridized carbons (Fsp3) is 0.333. The largest absolute Gasteiger partial charge is 0.395 e. The summed E-state index contributed by atoms with van der Waals surface area (Å²) in [7, 11) is -4.88. The number of halogens is 4. The third-order valence-electron chi connectivity index (χ3n) is 2.54. The zero-order chi connectivity index (χ0) is 16.2. The highest BCUT2D eigenvalue weighted by molar-refractivity contribution is 7.89. The third-order valence-corrected chi connectivity index (χ3v) is 4.08. The summed E-state index contributed by atoms with van der Waals surface area (Å²) in [5.74, 6) is -7.71. The Kier molecular flexibility index (Phi) is 5.87. The number of sulfonamides is 1. The van der Waals surface area contributed by atoms with Crippen molar-refractivity contribution in [1.29, 1.82) is 0 Å². The fourth-order valence-corrected chi connectivity index (χ4v) is 2.92. The summed E-state index contributed by atoms with van der Waals surface area (Å²) in [6, 6.07) is -1.18. The van der Waals surface area contributed by atoms with Crippen LogP contribution in [0.4, 0.5) is 17.6 Å². The molecule has 0 aliphatic heterocycles. The van der Waals surface area contributed by atoms with E-state index >= 15 is 0 Å². The van der Waals surface area contributed by atoms with Crippen molar-refractivity contribution in [3.8, 4) is 0 Å². The summed E-state index contributed by atoms with van der Waals surface area (Å²) in [5, 5.41) is 9.01. The van der Waals surface area contributed by atoms with Crippen LogP contribution in [0.1, 0.15) is 13.3 Å². The number of benzene rings is 1. The zero-order valence-corrected chi connectivity index (χ0v) is 11.7. The van der Waals surface area contributed by atoms with Gasteiger partial charge >= 0.3 is 0 Å². The molecule has 0 saturated heterocycles. The van der Waals surface area contributed by atoms with Crippen molar-refractivity contribution in [3.63, 3.8) is 0 Å². The van der Waals surface area contributed by atoms with E-state index in [2.05, 4.69) is 0 Å². The highest BCUT2D eigenvalue weighted by Crippen LogP contribution is 2.24. The Labute approximate surface area is 119 Å². The van der Waals surface area contributed by atoms with E-state index in [9.17, 15) is 26.0 Å². The first kappa shape index (κ1) is 17.6. The quantitative estimate of drug-likeness (QED) is 0.476. The SMILES string of the molecule is C/C=C/C[C@H](CO)NS(=O)(=O)c1c(F)c(F)cc(F)c1F. The molecule has 0 aliphatic rings. The predicted octanol–water partition coefficient (Wildman–Crippen LogP) is 1.85. The summed E-state index contributed by atoms with van der Waals surface area (Å²) in [5.41, 5.74) is 0. The van der Waals surface area contributed by atoms with E-state index in [-0.39, 0.29) is 12.5 Å². The number of hydrogen-bond donors (Lipinski definition) is 2. The lowest BCUT2D eigenvalue weighted by molar-refractivity contribution is 0.257. The minimum Gasteiger partial charge on any atom is -0.395 e. The van der Waals surface area contributed by atoms with Crippen LogP contribution in [0.2, 0.25) is 0 Å². The minimum atomic E-state index is -4.88. The highest BCUT2D eigenvalue weighted by Gasteiger charge is 2.31. The summed E-state index contributed by atoms with van der Waals surface area (Å²) in [6.45, 7) is 0.981. The molecule has 0 heterocycles. The monoisotopic (exact) mass is 327 g/mol. The first-order valence-electron chi connectivity index (χ1n) is 5.82. The van der Waals surface area contributed by atoms with Gasteiger partial charge in [0.1, 0.15) is 0 Å². The van der Waals surface area contributed by atoms with Crippen molar-refractivity contribution in [2.75, 3.05) is 6.61 Å². The number of allylic oxidation sites excluding steroid dienone is 1. The van der Waals surface area contributed by atoms with Gasteiger partial charge in [0.25, 0.3) is 0 Å². The first-order chi connectivity index (χ1) is 9.74. The maximum atomic E-state index is 13.5.